The molecule has 0 aliphatic carbocycles. The maximum absolute atomic E-state index is 13.3. The van der Waals surface area contributed by atoms with E-state index >= 15 is 0 Å². The monoisotopic (exact) mass is 491 g/mol. The van der Waals surface area contributed by atoms with Gasteiger partial charge in [-0.1, -0.05) is 36.3 Å². The summed E-state index contributed by atoms with van der Waals surface area (Å²) in [5.41, 5.74) is 2.95. The predicted molar refractivity (Wildman–Crippen MR) is 130 cm³/mol. The highest BCUT2D eigenvalue weighted by Crippen LogP contribution is 2.30. The van der Waals surface area contributed by atoms with Gasteiger partial charge in [0.25, 0.3) is 5.91 Å². The van der Waals surface area contributed by atoms with E-state index in [1.54, 1.807) is 38.0 Å². The van der Waals surface area contributed by atoms with Gasteiger partial charge in [0.15, 0.2) is 0 Å². The lowest BCUT2D eigenvalue weighted by Crippen LogP contribution is -2.46. The van der Waals surface area contributed by atoms with Gasteiger partial charge in [-0.25, -0.2) is 5.01 Å². The van der Waals surface area contributed by atoms with E-state index in [4.69, 9.17) is 4.52 Å². The maximum Gasteiger partial charge on any atom is 0.264 e. The van der Waals surface area contributed by atoms with Crippen LogP contribution in [0, 0.1) is 12.8 Å². The molecule has 1 saturated heterocycles. The number of amides is 3. The molecule has 4 heterocycles. The molecule has 0 spiro atoms. The number of rotatable bonds is 6. The Morgan fingerprint density at radius 3 is 2.78 bits per heavy atom. The van der Waals surface area contributed by atoms with Crippen LogP contribution in [-0.2, 0) is 28.0 Å². The number of hydrazine groups is 1. The summed E-state index contributed by atoms with van der Waals surface area (Å²) < 4.78 is 6.62. The quantitative estimate of drug-likeness (QED) is 0.541. The topological polar surface area (TPSA) is 126 Å². The number of hydrogen-bond donors (Lipinski definition) is 2. The van der Waals surface area contributed by atoms with Crippen LogP contribution in [0.3, 0.4) is 0 Å². The highest BCUT2D eigenvalue weighted by atomic mass is 16.5. The number of fused-ring (bicyclic) bond motifs is 2. The van der Waals surface area contributed by atoms with Gasteiger partial charge in [-0.2, -0.15) is 5.10 Å². The minimum atomic E-state index is -0.784. The van der Waals surface area contributed by atoms with Crippen molar-refractivity contribution in [1.82, 2.24) is 30.3 Å². The Morgan fingerprint density at radius 2 is 2.00 bits per heavy atom. The minimum absolute atomic E-state index is 0.0478. The number of aromatic nitrogens is 3. The van der Waals surface area contributed by atoms with Gasteiger partial charge in [-0.3, -0.25) is 24.1 Å². The lowest BCUT2D eigenvalue weighted by Gasteiger charge is -2.28. The first-order valence-electron chi connectivity index (χ1n) is 12.0. The Labute approximate surface area is 208 Å². The third-order valence-electron chi connectivity index (χ3n) is 6.61. The fourth-order valence-electron chi connectivity index (χ4n) is 4.70. The van der Waals surface area contributed by atoms with Crippen LogP contribution in [0.2, 0.25) is 0 Å². The van der Waals surface area contributed by atoms with E-state index in [9.17, 15) is 14.4 Å². The molecule has 2 aromatic heterocycles. The van der Waals surface area contributed by atoms with Crippen LogP contribution >= 0.6 is 0 Å². The van der Waals surface area contributed by atoms with Gasteiger partial charge in [0.2, 0.25) is 11.8 Å². The molecular weight excluding hydrogens is 462 g/mol. The molecule has 5 rings (SSSR count). The van der Waals surface area contributed by atoms with Crippen molar-refractivity contribution in [2.75, 3.05) is 18.4 Å². The zero-order chi connectivity index (χ0) is 25.4. The first kappa shape index (κ1) is 23.7. The molecule has 2 aliphatic heterocycles. The molecule has 1 aromatic carbocycles. The molecular formula is C25H29N7O4. The van der Waals surface area contributed by atoms with Gasteiger partial charge >= 0.3 is 0 Å². The number of aryl methyl sites for hydroxylation is 2. The highest BCUT2D eigenvalue weighted by molar-refractivity contribution is 5.95. The molecule has 11 nitrogen and oxygen atoms in total. The first-order valence-corrected chi connectivity index (χ1v) is 12.0. The summed E-state index contributed by atoms with van der Waals surface area (Å²) >= 11 is 0. The van der Waals surface area contributed by atoms with Crippen molar-refractivity contribution in [1.29, 1.82) is 0 Å². The summed E-state index contributed by atoms with van der Waals surface area (Å²) in [5, 5.41) is 17.8. The lowest BCUT2D eigenvalue weighted by molar-refractivity contribution is -0.148. The Hall–Kier alpha value is -3.99. The van der Waals surface area contributed by atoms with Crippen molar-refractivity contribution in [3.05, 3.63) is 53.3 Å². The lowest BCUT2D eigenvalue weighted by atomic mass is 9.98. The summed E-state index contributed by atoms with van der Waals surface area (Å²) in [6, 6.07) is 10.4. The van der Waals surface area contributed by atoms with E-state index in [1.165, 1.54) is 4.68 Å². The highest BCUT2D eigenvalue weighted by Gasteiger charge is 2.38. The molecule has 2 atom stereocenters. The number of nitrogens with zero attached hydrogens (tertiary/aromatic N) is 5. The molecule has 2 N–H and O–H groups in total. The number of anilines is 1. The van der Waals surface area contributed by atoms with Crippen molar-refractivity contribution in [2.45, 2.75) is 39.3 Å². The molecule has 1 fully saturated rings. The van der Waals surface area contributed by atoms with E-state index in [1.807, 2.05) is 29.3 Å². The second kappa shape index (κ2) is 9.57. The van der Waals surface area contributed by atoms with Gasteiger partial charge in [-0.15, -0.1) is 0 Å². The van der Waals surface area contributed by atoms with Crippen LogP contribution < -0.4 is 10.6 Å². The summed E-state index contributed by atoms with van der Waals surface area (Å²) in [5.74, 6) is -0.336. The standard InChI is InChI=1S/C25H29N7O4/c1-15(11-22(33)26-21-13-19(28-30(21)3)20-12-16(2)36-29-20)24(34)27-23-18-8-5-4-7-17(18)14-31-9-6-10-32(31)25(23)35/h4-5,7-8,12-13,15,23H,6,9-11,14H2,1-3H3,(H,26,33)(H,27,34)/t15-,23+/m1/s1. The molecule has 11 heteroatoms. The average Bonchev–Trinajstić information content (AvgIpc) is 3.56. The third kappa shape index (κ3) is 4.61. The zero-order valence-corrected chi connectivity index (χ0v) is 20.5. The van der Waals surface area contributed by atoms with Gasteiger partial charge in [0.05, 0.1) is 0 Å². The van der Waals surface area contributed by atoms with E-state index in [2.05, 4.69) is 20.9 Å². The van der Waals surface area contributed by atoms with Crippen LogP contribution in [0.4, 0.5) is 5.82 Å². The van der Waals surface area contributed by atoms with Crippen molar-refractivity contribution >= 4 is 23.5 Å². The summed E-state index contributed by atoms with van der Waals surface area (Å²) in [6.45, 7) is 5.54. The second-order valence-electron chi connectivity index (χ2n) is 9.36. The molecule has 0 bridgehead atoms. The first-order chi connectivity index (χ1) is 17.3. The van der Waals surface area contributed by atoms with Crippen LogP contribution in [0.25, 0.3) is 11.4 Å². The van der Waals surface area contributed by atoms with Crippen LogP contribution in [0.15, 0.2) is 40.9 Å². The number of hydrogen-bond acceptors (Lipinski definition) is 7. The number of nitrogens with one attached hydrogen (secondary N) is 2. The molecule has 188 valence electrons. The fourth-order valence-corrected chi connectivity index (χ4v) is 4.70. The normalized spacial score (nSPS) is 18.4. The minimum Gasteiger partial charge on any atom is -0.361 e. The van der Waals surface area contributed by atoms with Gasteiger partial charge < -0.3 is 15.2 Å². The smallest absolute Gasteiger partial charge is 0.264 e. The maximum atomic E-state index is 13.3. The Morgan fingerprint density at radius 1 is 1.19 bits per heavy atom. The van der Waals surface area contributed by atoms with Crippen molar-refractivity contribution in [2.24, 2.45) is 13.0 Å². The molecule has 0 radical (unpaired) electrons. The fraction of sp³-hybridized carbons (Fsp3) is 0.400. The number of carbonyl (C=O) groups excluding carboxylic acids is 3. The van der Waals surface area contributed by atoms with Crippen molar-refractivity contribution in [3.63, 3.8) is 0 Å². The molecule has 2 aliphatic rings. The second-order valence-corrected chi connectivity index (χ2v) is 9.36. The Balaban J connectivity index is 1.25. The number of carbonyl (C=O) groups is 3. The largest absolute Gasteiger partial charge is 0.361 e. The van der Waals surface area contributed by atoms with Crippen LogP contribution in [0.5, 0.6) is 0 Å². The summed E-state index contributed by atoms with van der Waals surface area (Å²) in [4.78, 5) is 39.2. The van der Waals surface area contributed by atoms with E-state index in [0.29, 0.717) is 36.1 Å². The molecule has 36 heavy (non-hydrogen) atoms. The SMILES string of the molecule is Cc1cc(-c2cc(NC(=O)C[C@@H](C)C(=O)N[C@@H]3C(=O)N4CCCN4Cc4ccccc43)n(C)n2)no1. The molecule has 0 saturated carbocycles. The van der Waals surface area contributed by atoms with Gasteiger partial charge in [0.1, 0.15) is 29.0 Å². The molecule has 0 unspecified atom stereocenters. The zero-order valence-electron chi connectivity index (χ0n) is 20.5. The Kier molecular flexibility index (Phi) is 6.31. The van der Waals surface area contributed by atoms with E-state index in [0.717, 1.165) is 24.1 Å². The Bertz CT molecular complexity index is 1310. The van der Waals surface area contributed by atoms with E-state index in [-0.39, 0.29) is 24.1 Å². The van der Waals surface area contributed by atoms with Gasteiger partial charge in [0, 0.05) is 51.2 Å². The molecule has 3 amide bonds. The van der Waals surface area contributed by atoms with Crippen LogP contribution in [-0.4, -0.2) is 55.8 Å². The summed E-state index contributed by atoms with van der Waals surface area (Å²) in [6.07, 6.45) is 0.852. The van der Waals surface area contributed by atoms with Crippen LogP contribution in [0.1, 0.15) is 42.7 Å². The predicted octanol–water partition coefficient (Wildman–Crippen LogP) is 2.17. The molecule has 3 aromatic rings. The van der Waals surface area contributed by atoms with E-state index < -0.39 is 12.0 Å². The number of benzene rings is 1. The van der Waals surface area contributed by atoms with Gasteiger partial charge in [-0.05, 0) is 24.5 Å². The summed E-state index contributed by atoms with van der Waals surface area (Å²) in [7, 11) is 1.71. The average molecular weight is 492 g/mol. The van der Waals surface area contributed by atoms with Crippen molar-refractivity contribution in [3.8, 4) is 11.4 Å². The van der Waals surface area contributed by atoms with Crippen molar-refractivity contribution < 1.29 is 18.9 Å². The third-order valence-corrected chi connectivity index (χ3v) is 6.61.